The SMILES string of the molecule is COc1cc2c(Oc3ccc(NC(=O)Nc4cnn(C(C)C)c4)c(Cl)c3)ncnc2cc1OCCCN1CCCC1. The molecule has 0 saturated carbocycles. The quantitative estimate of drug-likeness (QED) is 0.197. The number of carbonyl (C=O) groups excluding carboxylic acids is 1. The lowest BCUT2D eigenvalue weighted by Crippen LogP contribution is -2.21. The zero-order chi connectivity index (χ0) is 28.8. The molecule has 12 heteroatoms. The summed E-state index contributed by atoms with van der Waals surface area (Å²) in [6, 6.07) is 8.36. The number of urea groups is 1. The highest BCUT2D eigenvalue weighted by atomic mass is 35.5. The number of carbonyl (C=O) groups is 1. The second kappa shape index (κ2) is 13.0. The van der Waals surface area contributed by atoms with Crippen molar-refractivity contribution >= 4 is 39.9 Å². The maximum Gasteiger partial charge on any atom is 0.323 e. The number of amides is 2. The summed E-state index contributed by atoms with van der Waals surface area (Å²) >= 11 is 6.47. The van der Waals surface area contributed by atoms with Crippen LogP contribution < -0.4 is 24.8 Å². The van der Waals surface area contributed by atoms with E-state index >= 15 is 0 Å². The second-order valence-electron chi connectivity index (χ2n) is 10.1. The molecule has 1 fully saturated rings. The number of benzene rings is 2. The number of aromatic nitrogens is 4. The van der Waals surface area contributed by atoms with E-state index in [0.29, 0.717) is 57.0 Å². The first-order valence-corrected chi connectivity index (χ1v) is 14.0. The Morgan fingerprint density at radius 1 is 1.10 bits per heavy atom. The smallest absolute Gasteiger partial charge is 0.323 e. The standard InChI is InChI=1S/C29H34ClN7O4/c1-19(2)37-17-20(16-33-37)34-29(38)35-24-8-7-21(13-23(24)30)41-28-22-14-26(39-3)27(15-25(22)31-18-32-28)40-12-6-11-36-9-4-5-10-36/h7-8,13-19H,4-6,9-12H2,1-3H3,(H2,34,35,38). The highest BCUT2D eigenvalue weighted by Crippen LogP contribution is 2.37. The number of halogens is 1. The fraction of sp³-hybridized carbons (Fsp3) is 0.379. The summed E-state index contributed by atoms with van der Waals surface area (Å²) in [5.41, 5.74) is 1.66. The minimum atomic E-state index is -0.438. The van der Waals surface area contributed by atoms with Crippen molar-refractivity contribution in [1.82, 2.24) is 24.6 Å². The molecule has 11 nitrogen and oxygen atoms in total. The third-order valence-electron chi connectivity index (χ3n) is 6.75. The Morgan fingerprint density at radius 2 is 1.93 bits per heavy atom. The van der Waals surface area contributed by atoms with Crippen LogP contribution in [0.15, 0.2) is 49.1 Å². The Hall–Kier alpha value is -4.09. The van der Waals surface area contributed by atoms with Gasteiger partial charge in [-0.2, -0.15) is 5.10 Å². The van der Waals surface area contributed by atoms with E-state index in [9.17, 15) is 4.79 Å². The van der Waals surface area contributed by atoms with Crippen LogP contribution in [0.25, 0.3) is 10.9 Å². The molecule has 0 radical (unpaired) electrons. The number of anilines is 2. The first kappa shape index (κ1) is 28.4. The lowest BCUT2D eigenvalue weighted by atomic mass is 10.2. The molecule has 1 aliphatic rings. The van der Waals surface area contributed by atoms with E-state index in [-0.39, 0.29) is 6.04 Å². The number of hydrogen-bond acceptors (Lipinski definition) is 8. The first-order valence-electron chi connectivity index (χ1n) is 13.7. The number of nitrogens with one attached hydrogen (secondary N) is 2. The number of hydrogen-bond donors (Lipinski definition) is 2. The first-order chi connectivity index (χ1) is 19.9. The molecule has 41 heavy (non-hydrogen) atoms. The highest BCUT2D eigenvalue weighted by Gasteiger charge is 2.16. The fourth-order valence-corrected chi connectivity index (χ4v) is 4.83. The molecule has 5 rings (SSSR count). The van der Waals surface area contributed by atoms with Crippen molar-refractivity contribution in [2.24, 2.45) is 0 Å². The van der Waals surface area contributed by atoms with Crippen molar-refractivity contribution in [2.75, 3.05) is 44.0 Å². The van der Waals surface area contributed by atoms with Crippen LogP contribution >= 0.6 is 11.6 Å². The van der Waals surface area contributed by atoms with Gasteiger partial charge in [0, 0.05) is 30.9 Å². The van der Waals surface area contributed by atoms with Gasteiger partial charge in [0.2, 0.25) is 5.88 Å². The van der Waals surface area contributed by atoms with Crippen LogP contribution in [0.3, 0.4) is 0 Å². The van der Waals surface area contributed by atoms with Crippen LogP contribution in [0, 0.1) is 0 Å². The average molecular weight is 580 g/mol. The Labute approximate surface area is 243 Å². The van der Waals surface area contributed by atoms with Gasteiger partial charge in [0.15, 0.2) is 11.5 Å². The molecular formula is C29H34ClN7O4. The van der Waals surface area contributed by atoms with Crippen molar-refractivity contribution in [3.05, 3.63) is 54.1 Å². The summed E-state index contributed by atoms with van der Waals surface area (Å²) in [6.07, 6.45) is 8.28. The minimum absolute atomic E-state index is 0.188. The zero-order valence-electron chi connectivity index (χ0n) is 23.4. The van der Waals surface area contributed by atoms with Crippen molar-refractivity contribution in [1.29, 1.82) is 0 Å². The van der Waals surface area contributed by atoms with Gasteiger partial charge in [0.05, 0.1) is 47.2 Å². The van der Waals surface area contributed by atoms with Gasteiger partial charge in [-0.15, -0.1) is 0 Å². The van der Waals surface area contributed by atoms with Crippen LogP contribution in [0.5, 0.6) is 23.1 Å². The maximum atomic E-state index is 12.5. The zero-order valence-corrected chi connectivity index (χ0v) is 24.1. The van der Waals surface area contributed by atoms with Gasteiger partial charge in [0.25, 0.3) is 0 Å². The summed E-state index contributed by atoms with van der Waals surface area (Å²) in [4.78, 5) is 23.7. The average Bonchev–Trinajstić information content (AvgIpc) is 3.65. The Morgan fingerprint density at radius 3 is 2.66 bits per heavy atom. The summed E-state index contributed by atoms with van der Waals surface area (Å²) in [6.45, 7) is 7.97. The number of nitrogens with zero attached hydrogens (tertiary/aromatic N) is 5. The number of fused-ring (bicyclic) bond motifs is 1. The summed E-state index contributed by atoms with van der Waals surface area (Å²) in [5.74, 6) is 1.98. The van der Waals surface area contributed by atoms with E-state index in [1.807, 2.05) is 26.0 Å². The van der Waals surface area contributed by atoms with Gasteiger partial charge in [-0.25, -0.2) is 14.8 Å². The van der Waals surface area contributed by atoms with E-state index in [1.54, 1.807) is 42.4 Å². The molecule has 0 spiro atoms. The van der Waals surface area contributed by atoms with E-state index in [2.05, 4.69) is 30.6 Å². The Bertz CT molecular complexity index is 1500. The number of likely N-dealkylation sites (tertiary alicyclic amines) is 1. The predicted molar refractivity (Wildman–Crippen MR) is 159 cm³/mol. The molecule has 2 N–H and O–H groups in total. The van der Waals surface area contributed by atoms with Crippen LogP contribution in [-0.2, 0) is 0 Å². The molecule has 4 aromatic rings. The van der Waals surface area contributed by atoms with Gasteiger partial charge in [-0.1, -0.05) is 11.6 Å². The number of rotatable bonds is 11. The third-order valence-corrected chi connectivity index (χ3v) is 7.06. The largest absolute Gasteiger partial charge is 0.493 e. The monoisotopic (exact) mass is 579 g/mol. The molecule has 3 heterocycles. The van der Waals surface area contributed by atoms with Crippen molar-refractivity contribution in [3.8, 4) is 23.1 Å². The molecule has 0 bridgehead atoms. The fourth-order valence-electron chi connectivity index (χ4n) is 4.61. The molecule has 1 saturated heterocycles. The topological polar surface area (TPSA) is 116 Å². The van der Waals surface area contributed by atoms with Gasteiger partial charge in [-0.05, 0) is 64.4 Å². The number of methoxy groups -OCH3 is 1. The number of ether oxygens (including phenoxy) is 3. The van der Waals surface area contributed by atoms with E-state index in [0.717, 1.165) is 13.0 Å². The van der Waals surface area contributed by atoms with Crippen LogP contribution in [0.1, 0.15) is 39.2 Å². The lowest BCUT2D eigenvalue weighted by Gasteiger charge is -2.16. The molecule has 0 unspecified atom stereocenters. The Balaban J connectivity index is 1.24. The maximum absolute atomic E-state index is 12.5. The molecule has 2 amide bonds. The van der Waals surface area contributed by atoms with E-state index in [1.165, 1.54) is 32.3 Å². The summed E-state index contributed by atoms with van der Waals surface area (Å²) < 4.78 is 19.5. The molecule has 2 aromatic heterocycles. The van der Waals surface area contributed by atoms with Gasteiger partial charge < -0.3 is 29.7 Å². The Kier molecular flexibility index (Phi) is 9.05. The van der Waals surface area contributed by atoms with Crippen LogP contribution in [0.2, 0.25) is 5.02 Å². The molecule has 2 aromatic carbocycles. The normalized spacial score (nSPS) is 13.5. The lowest BCUT2D eigenvalue weighted by molar-refractivity contribution is 0.254. The van der Waals surface area contributed by atoms with Gasteiger partial charge >= 0.3 is 6.03 Å². The molecule has 0 aliphatic carbocycles. The van der Waals surface area contributed by atoms with Crippen molar-refractivity contribution < 1.29 is 19.0 Å². The molecule has 0 atom stereocenters. The summed E-state index contributed by atoms with van der Waals surface area (Å²) in [5, 5.41) is 10.7. The molecule has 216 valence electrons. The van der Waals surface area contributed by atoms with Gasteiger partial charge in [-0.3, -0.25) is 4.68 Å². The molecule has 1 aliphatic heterocycles. The summed E-state index contributed by atoms with van der Waals surface area (Å²) in [7, 11) is 1.60. The van der Waals surface area contributed by atoms with E-state index in [4.69, 9.17) is 25.8 Å². The van der Waals surface area contributed by atoms with Crippen LogP contribution in [-0.4, -0.2) is 64.0 Å². The van der Waals surface area contributed by atoms with Crippen molar-refractivity contribution in [2.45, 2.75) is 39.2 Å². The minimum Gasteiger partial charge on any atom is -0.493 e. The second-order valence-corrected chi connectivity index (χ2v) is 10.5. The van der Waals surface area contributed by atoms with Crippen molar-refractivity contribution in [3.63, 3.8) is 0 Å². The highest BCUT2D eigenvalue weighted by molar-refractivity contribution is 6.34. The van der Waals surface area contributed by atoms with Gasteiger partial charge in [0.1, 0.15) is 12.1 Å². The van der Waals surface area contributed by atoms with E-state index < -0.39 is 6.03 Å². The predicted octanol–water partition coefficient (Wildman–Crippen LogP) is 6.37. The molecular weight excluding hydrogens is 546 g/mol. The van der Waals surface area contributed by atoms with Crippen LogP contribution in [0.4, 0.5) is 16.2 Å². The third kappa shape index (κ3) is 7.17.